The van der Waals surface area contributed by atoms with E-state index < -0.39 is 0 Å². The predicted molar refractivity (Wildman–Crippen MR) is 69.9 cm³/mol. The number of benzene rings is 1. The molecular weight excluding hydrogens is 212 g/mol. The first-order valence-electron chi connectivity index (χ1n) is 6.54. The van der Waals surface area contributed by atoms with E-state index in [0.717, 1.165) is 25.2 Å². The lowest BCUT2D eigenvalue weighted by Gasteiger charge is -2.32. The molecule has 0 amide bonds. The molecule has 2 rings (SSSR count). The maximum atomic E-state index is 5.71. The van der Waals surface area contributed by atoms with Crippen molar-refractivity contribution in [2.45, 2.75) is 44.6 Å². The number of hydrazine groups is 1. The Kier molecular flexibility index (Phi) is 4.40. The molecule has 1 aliphatic rings. The molecule has 3 heteroatoms. The van der Waals surface area contributed by atoms with E-state index in [1.54, 1.807) is 0 Å². The first-order chi connectivity index (χ1) is 8.36. The lowest BCUT2D eigenvalue weighted by molar-refractivity contribution is 0.240. The number of hydrogen-bond acceptors (Lipinski definition) is 3. The fraction of sp³-hybridized carbons (Fsp3) is 0.571. The SMILES string of the molecule is CCCCC(NN)C1CCOc2ccccc21. The molecule has 0 radical (unpaired) electrons. The van der Waals surface area contributed by atoms with Crippen LogP contribution < -0.4 is 16.0 Å². The van der Waals surface area contributed by atoms with Crippen LogP contribution in [0.3, 0.4) is 0 Å². The van der Waals surface area contributed by atoms with Crippen LogP contribution in [0, 0.1) is 0 Å². The van der Waals surface area contributed by atoms with Crippen molar-refractivity contribution in [3.8, 4) is 5.75 Å². The Labute approximate surface area is 103 Å². The van der Waals surface area contributed by atoms with Crippen molar-refractivity contribution in [2.24, 2.45) is 5.84 Å². The zero-order valence-corrected chi connectivity index (χ0v) is 10.5. The quantitative estimate of drug-likeness (QED) is 0.608. The summed E-state index contributed by atoms with van der Waals surface area (Å²) < 4.78 is 5.68. The summed E-state index contributed by atoms with van der Waals surface area (Å²) in [5.74, 6) is 7.22. The van der Waals surface area contributed by atoms with E-state index in [0.29, 0.717) is 12.0 Å². The van der Waals surface area contributed by atoms with Crippen molar-refractivity contribution < 1.29 is 4.74 Å². The average Bonchev–Trinajstić information content (AvgIpc) is 2.40. The smallest absolute Gasteiger partial charge is 0.122 e. The van der Waals surface area contributed by atoms with Crippen LogP contribution in [0.4, 0.5) is 0 Å². The Bertz CT molecular complexity index is 354. The Morgan fingerprint density at radius 3 is 3.06 bits per heavy atom. The summed E-state index contributed by atoms with van der Waals surface area (Å²) in [5, 5.41) is 0. The van der Waals surface area contributed by atoms with Crippen LogP contribution >= 0.6 is 0 Å². The molecule has 2 unspecified atom stereocenters. The van der Waals surface area contributed by atoms with Gasteiger partial charge in [0.2, 0.25) is 0 Å². The van der Waals surface area contributed by atoms with Gasteiger partial charge >= 0.3 is 0 Å². The van der Waals surface area contributed by atoms with Gasteiger partial charge in [0.05, 0.1) is 6.61 Å². The third kappa shape index (κ3) is 2.79. The molecule has 0 bridgehead atoms. The monoisotopic (exact) mass is 234 g/mol. The van der Waals surface area contributed by atoms with Crippen LogP contribution in [0.5, 0.6) is 5.75 Å². The van der Waals surface area contributed by atoms with E-state index in [1.165, 1.54) is 18.4 Å². The molecule has 0 fully saturated rings. The summed E-state index contributed by atoms with van der Waals surface area (Å²) in [4.78, 5) is 0. The minimum absolute atomic E-state index is 0.361. The number of nitrogens with two attached hydrogens (primary N) is 1. The summed E-state index contributed by atoms with van der Waals surface area (Å²) in [7, 11) is 0. The Balaban J connectivity index is 2.15. The zero-order chi connectivity index (χ0) is 12.1. The summed E-state index contributed by atoms with van der Waals surface area (Å²) in [6, 6.07) is 8.68. The molecule has 0 aromatic heterocycles. The zero-order valence-electron chi connectivity index (χ0n) is 10.5. The van der Waals surface area contributed by atoms with Crippen molar-refractivity contribution in [2.75, 3.05) is 6.61 Å². The minimum atomic E-state index is 0.361. The third-order valence-electron chi connectivity index (χ3n) is 3.57. The van der Waals surface area contributed by atoms with Crippen LogP contribution in [0.2, 0.25) is 0 Å². The van der Waals surface area contributed by atoms with Gasteiger partial charge in [-0.3, -0.25) is 11.3 Å². The maximum Gasteiger partial charge on any atom is 0.122 e. The molecule has 3 N–H and O–H groups in total. The summed E-state index contributed by atoms with van der Waals surface area (Å²) in [6.45, 7) is 3.01. The minimum Gasteiger partial charge on any atom is -0.493 e. The standard InChI is InChI=1S/C14H22N2O/c1-2-3-7-13(16-15)11-9-10-17-14-8-5-4-6-12(11)14/h4-6,8,11,13,16H,2-3,7,9-10,15H2,1H3. The van der Waals surface area contributed by atoms with Gasteiger partial charge in [0, 0.05) is 12.0 Å². The second-order valence-electron chi connectivity index (χ2n) is 4.70. The topological polar surface area (TPSA) is 47.3 Å². The van der Waals surface area contributed by atoms with Crippen LogP contribution in [0.1, 0.15) is 44.1 Å². The molecule has 1 aromatic rings. The van der Waals surface area contributed by atoms with Gasteiger partial charge in [0.25, 0.3) is 0 Å². The van der Waals surface area contributed by atoms with Gasteiger partial charge < -0.3 is 4.74 Å². The van der Waals surface area contributed by atoms with Crippen LogP contribution in [-0.2, 0) is 0 Å². The Morgan fingerprint density at radius 2 is 2.29 bits per heavy atom. The fourth-order valence-electron chi connectivity index (χ4n) is 2.61. The molecule has 1 aromatic carbocycles. The van der Waals surface area contributed by atoms with Crippen molar-refractivity contribution in [1.82, 2.24) is 5.43 Å². The Morgan fingerprint density at radius 1 is 1.47 bits per heavy atom. The van der Waals surface area contributed by atoms with Gasteiger partial charge in [-0.25, -0.2) is 0 Å². The van der Waals surface area contributed by atoms with E-state index in [9.17, 15) is 0 Å². The van der Waals surface area contributed by atoms with E-state index in [1.807, 2.05) is 6.07 Å². The van der Waals surface area contributed by atoms with Crippen molar-refractivity contribution in [3.05, 3.63) is 29.8 Å². The van der Waals surface area contributed by atoms with Gasteiger partial charge in [0.15, 0.2) is 0 Å². The van der Waals surface area contributed by atoms with Gasteiger partial charge in [-0.15, -0.1) is 0 Å². The van der Waals surface area contributed by atoms with E-state index in [2.05, 4.69) is 30.5 Å². The molecule has 94 valence electrons. The summed E-state index contributed by atoms with van der Waals surface area (Å²) in [6.07, 6.45) is 4.61. The predicted octanol–water partition coefficient (Wildman–Crippen LogP) is 2.57. The Hall–Kier alpha value is -1.06. The van der Waals surface area contributed by atoms with Crippen LogP contribution in [0.25, 0.3) is 0 Å². The molecule has 1 heterocycles. The number of rotatable bonds is 5. The summed E-state index contributed by atoms with van der Waals surface area (Å²) >= 11 is 0. The average molecular weight is 234 g/mol. The lowest BCUT2D eigenvalue weighted by Crippen LogP contribution is -2.41. The highest BCUT2D eigenvalue weighted by atomic mass is 16.5. The highest BCUT2D eigenvalue weighted by molar-refractivity contribution is 5.38. The maximum absolute atomic E-state index is 5.71. The molecule has 0 saturated heterocycles. The van der Waals surface area contributed by atoms with Crippen LogP contribution in [-0.4, -0.2) is 12.6 Å². The fourth-order valence-corrected chi connectivity index (χ4v) is 2.61. The van der Waals surface area contributed by atoms with Gasteiger partial charge in [-0.1, -0.05) is 38.0 Å². The third-order valence-corrected chi connectivity index (χ3v) is 3.57. The first-order valence-corrected chi connectivity index (χ1v) is 6.54. The second-order valence-corrected chi connectivity index (χ2v) is 4.70. The van der Waals surface area contributed by atoms with Crippen molar-refractivity contribution >= 4 is 0 Å². The number of ether oxygens (including phenoxy) is 1. The van der Waals surface area contributed by atoms with E-state index in [-0.39, 0.29) is 0 Å². The number of para-hydroxylation sites is 1. The van der Waals surface area contributed by atoms with Crippen molar-refractivity contribution in [1.29, 1.82) is 0 Å². The number of nitrogens with one attached hydrogen (secondary N) is 1. The number of hydrogen-bond donors (Lipinski definition) is 2. The largest absolute Gasteiger partial charge is 0.493 e. The first kappa shape index (κ1) is 12.4. The normalized spacial score (nSPS) is 20.5. The van der Waals surface area contributed by atoms with Gasteiger partial charge in [-0.05, 0) is 24.5 Å². The van der Waals surface area contributed by atoms with Gasteiger partial charge in [-0.2, -0.15) is 0 Å². The van der Waals surface area contributed by atoms with Gasteiger partial charge in [0.1, 0.15) is 5.75 Å². The highest BCUT2D eigenvalue weighted by Crippen LogP contribution is 2.36. The highest BCUT2D eigenvalue weighted by Gasteiger charge is 2.27. The molecule has 0 spiro atoms. The van der Waals surface area contributed by atoms with E-state index >= 15 is 0 Å². The molecule has 3 nitrogen and oxygen atoms in total. The summed E-state index contributed by atoms with van der Waals surface area (Å²) in [5.41, 5.74) is 4.30. The molecule has 17 heavy (non-hydrogen) atoms. The van der Waals surface area contributed by atoms with E-state index in [4.69, 9.17) is 10.6 Å². The number of unbranched alkanes of at least 4 members (excludes halogenated alkanes) is 1. The van der Waals surface area contributed by atoms with Crippen molar-refractivity contribution in [3.63, 3.8) is 0 Å². The molecule has 0 aliphatic carbocycles. The molecule has 2 atom stereocenters. The van der Waals surface area contributed by atoms with Crippen LogP contribution in [0.15, 0.2) is 24.3 Å². The second kappa shape index (κ2) is 6.03. The number of fused-ring (bicyclic) bond motifs is 1. The molecular formula is C14H22N2O. The lowest BCUT2D eigenvalue weighted by atomic mass is 9.84. The molecule has 0 saturated carbocycles. The molecule has 1 aliphatic heterocycles.